The van der Waals surface area contributed by atoms with Crippen molar-refractivity contribution in [2.45, 2.75) is 64.7 Å². The maximum atomic E-state index is 13.0. The lowest BCUT2D eigenvalue weighted by Gasteiger charge is -2.19. The lowest BCUT2D eigenvalue weighted by atomic mass is 9.86. The average Bonchev–Trinajstić information content (AvgIpc) is 3.23. The van der Waals surface area contributed by atoms with Gasteiger partial charge in [-0.3, -0.25) is 4.79 Å². The van der Waals surface area contributed by atoms with E-state index in [-0.39, 0.29) is 11.6 Å². The Labute approximate surface area is 188 Å². The highest BCUT2D eigenvalue weighted by molar-refractivity contribution is 5.94. The molecule has 1 aliphatic rings. The molecule has 0 aliphatic heterocycles. The van der Waals surface area contributed by atoms with Crippen molar-refractivity contribution in [3.8, 4) is 11.5 Å². The number of ketones is 1. The fourth-order valence-corrected chi connectivity index (χ4v) is 3.93. The van der Waals surface area contributed by atoms with Crippen molar-refractivity contribution in [3.63, 3.8) is 0 Å². The van der Waals surface area contributed by atoms with E-state index in [2.05, 4.69) is 12.1 Å². The Morgan fingerprint density at radius 2 is 1.91 bits per heavy atom. The van der Waals surface area contributed by atoms with E-state index < -0.39 is 0 Å². The summed E-state index contributed by atoms with van der Waals surface area (Å²) in [5, 5.41) is 5.10. The maximum Gasteiger partial charge on any atom is 0.170 e. The van der Waals surface area contributed by atoms with Crippen LogP contribution in [0.25, 0.3) is 11.0 Å². The van der Waals surface area contributed by atoms with E-state index in [0.29, 0.717) is 35.2 Å². The smallest absolute Gasteiger partial charge is 0.170 e. The second-order valence-corrected chi connectivity index (χ2v) is 8.17. The first-order chi connectivity index (χ1) is 15.5. The van der Waals surface area contributed by atoms with Crippen molar-refractivity contribution in [1.29, 1.82) is 0 Å². The van der Waals surface area contributed by atoms with Gasteiger partial charge in [0.1, 0.15) is 5.82 Å². The van der Waals surface area contributed by atoms with Crippen molar-refractivity contribution in [1.82, 2.24) is 5.16 Å². The molecule has 2 aromatic carbocycles. The SMILES string of the molecule is CCCCOc1ccc(C(C)=O)cc1OC.Fc1ccc2c(C3CCCCC3)noc2c1. The molecule has 0 radical (unpaired) electrons. The second kappa shape index (κ2) is 11.7. The van der Waals surface area contributed by atoms with Gasteiger partial charge in [-0.15, -0.1) is 0 Å². The number of ether oxygens (including phenoxy) is 2. The number of fused-ring (bicyclic) bond motifs is 1. The lowest BCUT2D eigenvalue weighted by Crippen LogP contribution is -2.04. The lowest BCUT2D eigenvalue weighted by molar-refractivity contribution is 0.101. The molecule has 5 nitrogen and oxygen atoms in total. The van der Waals surface area contributed by atoms with Gasteiger partial charge in [0.15, 0.2) is 22.9 Å². The monoisotopic (exact) mass is 441 g/mol. The third-order valence-corrected chi connectivity index (χ3v) is 5.78. The molecule has 0 amide bonds. The minimum Gasteiger partial charge on any atom is -0.493 e. The molecule has 3 aromatic rings. The number of unbranched alkanes of at least 4 members (excludes halogenated alkanes) is 1. The molecule has 172 valence electrons. The van der Waals surface area contributed by atoms with Crippen LogP contribution in [0.1, 0.15) is 80.8 Å². The molecule has 4 rings (SSSR count). The van der Waals surface area contributed by atoms with E-state index in [4.69, 9.17) is 14.0 Å². The van der Waals surface area contributed by atoms with E-state index in [1.807, 2.05) is 0 Å². The summed E-state index contributed by atoms with van der Waals surface area (Å²) < 4.78 is 28.9. The summed E-state index contributed by atoms with van der Waals surface area (Å²) in [7, 11) is 1.58. The molecule has 1 aliphatic carbocycles. The standard InChI is InChI=1S/C13H14FNO.C13H18O3/c14-10-6-7-11-12(8-10)16-15-13(11)9-4-2-1-3-5-9;1-4-5-8-16-12-7-6-11(10(2)14)9-13(12)15-3/h6-9H,1-5H2;6-7,9H,4-5,8H2,1-3H3. The molecule has 1 saturated carbocycles. The number of carbonyl (C=O) groups is 1. The fraction of sp³-hybridized carbons (Fsp3) is 0.462. The third kappa shape index (κ3) is 6.09. The molecule has 1 heterocycles. The van der Waals surface area contributed by atoms with E-state index >= 15 is 0 Å². The molecule has 0 bridgehead atoms. The first kappa shape index (κ1) is 23.8. The highest BCUT2D eigenvalue weighted by Crippen LogP contribution is 2.35. The van der Waals surface area contributed by atoms with Gasteiger partial charge in [0.25, 0.3) is 0 Å². The van der Waals surface area contributed by atoms with Gasteiger partial charge in [-0.25, -0.2) is 4.39 Å². The summed E-state index contributed by atoms with van der Waals surface area (Å²) in [5.41, 5.74) is 2.23. The topological polar surface area (TPSA) is 61.6 Å². The van der Waals surface area contributed by atoms with Crippen LogP contribution in [0.5, 0.6) is 11.5 Å². The number of hydrogen-bond acceptors (Lipinski definition) is 5. The molecule has 1 fully saturated rings. The van der Waals surface area contributed by atoms with E-state index in [1.165, 1.54) is 51.2 Å². The minimum atomic E-state index is -0.265. The zero-order valence-electron chi connectivity index (χ0n) is 19.2. The summed E-state index contributed by atoms with van der Waals surface area (Å²) in [6.07, 6.45) is 8.31. The van der Waals surface area contributed by atoms with Crippen LogP contribution in [0.2, 0.25) is 0 Å². The molecule has 0 saturated heterocycles. The highest BCUT2D eigenvalue weighted by Gasteiger charge is 2.21. The second-order valence-electron chi connectivity index (χ2n) is 8.17. The van der Waals surface area contributed by atoms with E-state index in [1.54, 1.807) is 31.4 Å². The number of carbonyl (C=O) groups excluding carboxylic acids is 1. The summed E-state index contributed by atoms with van der Waals surface area (Å²) in [6, 6.07) is 9.92. The number of aromatic nitrogens is 1. The first-order valence-electron chi connectivity index (χ1n) is 11.4. The largest absolute Gasteiger partial charge is 0.493 e. The van der Waals surface area contributed by atoms with Crippen LogP contribution < -0.4 is 9.47 Å². The van der Waals surface area contributed by atoms with Crippen molar-refractivity contribution < 1.29 is 23.2 Å². The number of benzene rings is 2. The predicted octanol–water partition coefficient (Wildman–Crippen LogP) is 7.09. The first-order valence-corrected chi connectivity index (χ1v) is 11.4. The van der Waals surface area contributed by atoms with Crippen molar-refractivity contribution in [2.75, 3.05) is 13.7 Å². The number of methoxy groups -OCH3 is 1. The maximum absolute atomic E-state index is 13.0. The molecule has 0 spiro atoms. The van der Waals surface area contributed by atoms with Gasteiger partial charge in [0.05, 0.1) is 19.4 Å². The molecule has 32 heavy (non-hydrogen) atoms. The summed E-state index contributed by atoms with van der Waals surface area (Å²) in [6.45, 7) is 4.32. The van der Waals surface area contributed by atoms with Gasteiger partial charge >= 0.3 is 0 Å². The molecular weight excluding hydrogens is 409 g/mol. The predicted molar refractivity (Wildman–Crippen MR) is 123 cm³/mol. The van der Waals surface area contributed by atoms with Gasteiger partial charge in [0.2, 0.25) is 0 Å². The summed E-state index contributed by atoms with van der Waals surface area (Å²) in [4.78, 5) is 11.2. The Kier molecular flexibility index (Phi) is 8.65. The van der Waals surface area contributed by atoms with Crippen LogP contribution in [-0.2, 0) is 0 Å². The molecule has 1 aromatic heterocycles. The van der Waals surface area contributed by atoms with Crippen molar-refractivity contribution in [2.24, 2.45) is 0 Å². The average molecular weight is 442 g/mol. The highest BCUT2D eigenvalue weighted by atomic mass is 19.1. The van der Waals surface area contributed by atoms with Gasteiger partial charge in [-0.1, -0.05) is 37.8 Å². The van der Waals surface area contributed by atoms with Gasteiger partial charge in [-0.05, 0) is 56.5 Å². The number of halogens is 1. The van der Waals surface area contributed by atoms with Crippen LogP contribution in [0.4, 0.5) is 4.39 Å². The van der Waals surface area contributed by atoms with Gasteiger partial charge < -0.3 is 14.0 Å². The Morgan fingerprint density at radius 1 is 1.12 bits per heavy atom. The Bertz CT molecular complexity index is 1020. The Hall–Kier alpha value is -2.89. The van der Waals surface area contributed by atoms with Gasteiger partial charge in [0, 0.05) is 22.9 Å². The number of Topliss-reactive ketones (excluding diaryl/α,β-unsaturated/α-hetero) is 1. The summed E-state index contributed by atoms with van der Waals surface area (Å²) >= 11 is 0. The van der Waals surface area contributed by atoms with Crippen LogP contribution in [-0.4, -0.2) is 24.7 Å². The van der Waals surface area contributed by atoms with Crippen LogP contribution >= 0.6 is 0 Å². The Morgan fingerprint density at radius 3 is 2.59 bits per heavy atom. The third-order valence-electron chi connectivity index (χ3n) is 5.78. The molecular formula is C26H32FNO4. The quantitative estimate of drug-likeness (QED) is 0.289. The number of hydrogen-bond donors (Lipinski definition) is 0. The van der Waals surface area contributed by atoms with E-state index in [0.717, 1.165) is 23.9 Å². The fourth-order valence-electron chi connectivity index (χ4n) is 3.93. The van der Waals surface area contributed by atoms with Crippen LogP contribution in [0.3, 0.4) is 0 Å². The minimum absolute atomic E-state index is 0.0263. The zero-order valence-corrected chi connectivity index (χ0v) is 19.2. The molecule has 0 N–H and O–H groups in total. The zero-order chi connectivity index (χ0) is 22.9. The summed E-state index contributed by atoms with van der Waals surface area (Å²) in [5.74, 6) is 1.57. The normalized spacial score (nSPS) is 14.0. The Balaban J connectivity index is 0.000000181. The number of rotatable bonds is 7. The van der Waals surface area contributed by atoms with E-state index in [9.17, 15) is 9.18 Å². The van der Waals surface area contributed by atoms with Crippen molar-refractivity contribution in [3.05, 3.63) is 53.5 Å². The number of nitrogens with zero attached hydrogens (tertiary/aromatic N) is 1. The van der Waals surface area contributed by atoms with Crippen LogP contribution in [0.15, 0.2) is 40.9 Å². The molecule has 6 heteroatoms. The molecule has 0 atom stereocenters. The molecule has 0 unspecified atom stereocenters. The van der Waals surface area contributed by atoms with Crippen LogP contribution in [0, 0.1) is 5.82 Å². The van der Waals surface area contributed by atoms with Gasteiger partial charge in [-0.2, -0.15) is 0 Å². The van der Waals surface area contributed by atoms with Crippen molar-refractivity contribution >= 4 is 16.8 Å².